The number of nitrogens with zero attached hydrogens (tertiary/aromatic N) is 3. The highest BCUT2D eigenvalue weighted by molar-refractivity contribution is 9.10. The second-order valence-corrected chi connectivity index (χ2v) is 12.3. The maximum atomic E-state index is 12.6. The summed E-state index contributed by atoms with van der Waals surface area (Å²) in [4.78, 5) is 12.5. The van der Waals surface area contributed by atoms with Crippen LogP contribution in [0.5, 0.6) is 0 Å². The van der Waals surface area contributed by atoms with Crippen molar-refractivity contribution in [3.8, 4) is 5.69 Å². The number of thioether (sulfide) groups is 1. The van der Waals surface area contributed by atoms with Crippen LogP contribution < -0.4 is 10.5 Å². The Bertz CT molecular complexity index is 1420. The summed E-state index contributed by atoms with van der Waals surface area (Å²) in [6.07, 6.45) is 7.03. The number of nitrogens with two attached hydrogens (primary N) is 1. The Morgan fingerprint density at radius 3 is 2.60 bits per heavy atom. The third-order valence-corrected chi connectivity index (χ3v) is 8.94. The van der Waals surface area contributed by atoms with E-state index in [1.165, 1.54) is 65.9 Å². The van der Waals surface area contributed by atoms with Gasteiger partial charge < -0.3 is 5.32 Å². The van der Waals surface area contributed by atoms with E-state index in [4.69, 9.17) is 16.7 Å². The number of nitrogens with one attached hydrogen (secondary N) is 1. The van der Waals surface area contributed by atoms with Gasteiger partial charge in [0.2, 0.25) is 20.7 Å². The number of sulfonamides is 1. The molecule has 0 unspecified atom stereocenters. The maximum absolute atomic E-state index is 12.6. The Kier molecular flexibility index (Phi) is 6.97. The molecular formula is C23H23BrClN5O3S2. The van der Waals surface area contributed by atoms with Gasteiger partial charge >= 0.3 is 0 Å². The molecule has 3 N–H and O–H groups in total. The molecule has 12 heteroatoms. The monoisotopic (exact) mass is 595 g/mol. The van der Waals surface area contributed by atoms with Crippen molar-refractivity contribution in [2.24, 2.45) is 5.14 Å². The van der Waals surface area contributed by atoms with Crippen LogP contribution in [0, 0.1) is 0 Å². The summed E-state index contributed by atoms with van der Waals surface area (Å²) in [5, 5.41) is 17.0. The van der Waals surface area contributed by atoms with E-state index in [0.29, 0.717) is 21.5 Å². The quantitative estimate of drug-likeness (QED) is 0.378. The Labute approximate surface area is 221 Å². The lowest BCUT2D eigenvalue weighted by Crippen LogP contribution is -2.16. The molecule has 0 atom stereocenters. The summed E-state index contributed by atoms with van der Waals surface area (Å²) >= 11 is 10.9. The first-order valence-electron chi connectivity index (χ1n) is 11.2. The van der Waals surface area contributed by atoms with Crippen molar-refractivity contribution in [3.63, 3.8) is 0 Å². The van der Waals surface area contributed by atoms with Crippen LogP contribution in [0.2, 0.25) is 5.02 Å². The van der Waals surface area contributed by atoms with Gasteiger partial charge in [-0.2, -0.15) is 0 Å². The Balaban J connectivity index is 1.35. The van der Waals surface area contributed by atoms with Crippen molar-refractivity contribution < 1.29 is 13.2 Å². The van der Waals surface area contributed by atoms with E-state index in [0.717, 1.165) is 24.9 Å². The minimum atomic E-state index is -3.88. The van der Waals surface area contributed by atoms with Gasteiger partial charge in [0.05, 0.1) is 27.0 Å². The molecule has 35 heavy (non-hydrogen) atoms. The third-order valence-electron chi connectivity index (χ3n) is 6.27. The molecule has 8 nitrogen and oxygen atoms in total. The molecule has 0 spiro atoms. The molecule has 2 aliphatic rings. The van der Waals surface area contributed by atoms with Crippen LogP contribution in [-0.2, 0) is 27.7 Å². The number of carbonyl (C=O) groups excluding carboxylic acids is 1. The molecule has 1 saturated carbocycles. The molecule has 2 aliphatic carbocycles. The van der Waals surface area contributed by atoms with Crippen molar-refractivity contribution in [1.29, 1.82) is 0 Å². The molecule has 2 aromatic carbocycles. The van der Waals surface area contributed by atoms with Crippen LogP contribution in [0.4, 0.5) is 5.69 Å². The normalized spacial score (nSPS) is 15.6. The van der Waals surface area contributed by atoms with E-state index in [1.54, 1.807) is 0 Å². The topological polar surface area (TPSA) is 120 Å². The van der Waals surface area contributed by atoms with Crippen molar-refractivity contribution >= 4 is 60.9 Å². The Hall–Kier alpha value is -1.92. The predicted octanol–water partition coefficient (Wildman–Crippen LogP) is 4.82. The summed E-state index contributed by atoms with van der Waals surface area (Å²) in [6, 6.07) is 8.33. The smallest absolute Gasteiger partial charge is 0.238 e. The van der Waals surface area contributed by atoms with Crippen molar-refractivity contribution in [1.82, 2.24) is 14.8 Å². The maximum Gasteiger partial charge on any atom is 0.238 e. The number of hydrogen-bond acceptors (Lipinski definition) is 6. The second-order valence-electron chi connectivity index (χ2n) is 8.72. The minimum absolute atomic E-state index is 0.0702. The fraction of sp³-hybridized carbons (Fsp3) is 0.348. The van der Waals surface area contributed by atoms with Gasteiger partial charge in [0.25, 0.3) is 0 Å². The zero-order valence-electron chi connectivity index (χ0n) is 18.6. The zero-order chi connectivity index (χ0) is 24.7. The number of amides is 1. The molecule has 0 radical (unpaired) electrons. The Morgan fingerprint density at radius 2 is 1.91 bits per heavy atom. The van der Waals surface area contributed by atoms with Crippen LogP contribution in [-0.4, -0.2) is 34.8 Å². The standard InChI is InChI=1S/C23H23BrClN5O3S2/c24-22-28-29-23(34-12-21(31)27-19-9-7-14(11-18(19)25)35(26,32)33)30(22)20-10-8-15(13-5-6-13)16-3-1-2-4-17(16)20/h7-11,13H,1-6,12H2,(H,27,31)(H2,26,32,33). The highest BCUT2D eigenvalue weighted by Crippen LogP contribution is 2.45. The summed E-state index contributed by atoms with van der Waals surface area (Å²) in [7, 11) is -3.88. The van der Waals surface area contributed by atoms with Gasteiger partial charge in [0.15, 0.2) is 5.16 Å². The fourth-order valence-electron chi connectivity index (χ4n) is 4.50. The first kappa shape index (κ1) is 24.8. The third kappa shape index (κ3) is 5.29. The van der Waals surface area contributed by atoms with Crippen LogP contribution in [0.1, 0.15) is 48.3 Å². The van der Waals surface area contributed by atoms with Crippen LogP contribution in [0.3, 0.4) is 0 Å². The van der Waals surface area contributed by atoms with Gasteiger partial charge in [-0.1, -0.05) is 29.4 Å². The van der Waals surface area contributed by atoms with E-state index in [-0.39, 0.29) is 21.6 Å². The number of rotatable bonds is 7. The lowest BCUT2D eigenvalue weighted by Gasteiger charge is -2.24. The largest absolute Gasteiger partial charge is 0.324 e. The number of benzene rings is 2. The molecule has 184 valence electrons. The zero-order valence-corrected chi connectivity index (χ0v) is 22.6. The van der Waals surface area contributed by atoms with Crippen LogP contribution >= 0.6 is 39.3 Å². The molecule has 0 saturated heterocycles. The molecule has 3 aromatic rings. The van der Waals surface area contributed by atoms with Crippen molar-refractivity contribution in [3.05, 3.63) is 56.8 Å². The number of fused-ring (bicyclic) bond motifs is 1. The van der Waals surface area contributed by atoms with Crippen molar-refractivity contribution in [2.75, 3.05) is 11.1 Å². The first-order valence-corrected chi connectivity index (χ1v) is 14.9. The van der Waals surface area contributed by atoms with E-state index < -0.39 is 10.0 Å². The molecule has 1 amide bonds. The number of anilines is 1. The van der Waals surface area contributed by atoms with Gasteiger partial charge in [-0.25, -0.2) is 13.6 Å². The first-order chi connectivity index (χ1) is 16.7. The molecule has 0 bridgehead atoms. The van der Waals surface area contributed by atoms with E-state index in [1.807, 2.05) is 4.57 Å². The summed E-state index contributed by atoms with van der Waals surface area (Å²) in [5.41, 5.74) is 5.69. The molecule has 1 fully saturated rings. The average Bonchev–Trinajstić information content (AvgIpc) is 3.60. The minimum Gasteiger partial charge on any atom is -0.324 e. The number of hydrogen-bond donors (Lipinski definition) is 2. The Morgan fingerprint density at radius 1 is 1.17 bits per heavy atom. The highest BCUT2D eigenvalue weighted by Gasteiger charge is 2.30. The fourth-order valence-corrected chi connectivity index (χ4v) is 6.63. The summed E-state index contributed by atoms with van der Waals surface area (Å²) in [6.45, 7) is 0. The number of primary sulfonamides is 1. The lowest BCUT2D eigenvalue weighted by atomic mass is 9.85. The van der Waals surface area contributed by atoms with Gasteiger partial charge in [-0.3, -0.25) is 9.36 Å². The van der Waals surface area contributed by atoms with Crippen LogP contribution in [0.15, 0.2) is 45.1 Å². The van der Waals surface area contributed by atoms with Gasteiger partial charge in [-0.15, -0.1) is 10.2 Å². The van der Waals surface area contributed by atoms with E-state index in [2.05, 4.69) is 43.6 Å². The lowest BCUT2D eigenvalue weighted by molar-refractivity contribution is -0.113. The van der Waals surface area contributed by atoms with E-state index in [9.17, 15) is 13.2 Å². The number of carbonyl (C=O) groups is 1. The molecule has 0 aliphatic heterocycles. The molecule has 5 rings (SSSR count). The predicted molar refractivity (Wildman–Crippen MR) is 140 cm³/mol. The van der Waals surface area contributed by atoms with E-state index >= 15 is 0 Å². The second kappa shape index (κ2) is 9.85. The number of halogens is 2. The molecule has 1 aromatic heterocycles. The SMILES string of the molecule is NS(=O)(=O)c1ccc(NC(=O)CSc2nnc(Br)n2-c2ccc(C3CC3)c3c2CCCC3)c(Cl)c1. The van der Waals surface area contributed by atoms with Crippen LogP contribution in [0.25, 0.3) is 5.69 Å². The average molecular weight is 597 g/mol. The molecular weight excluding hydrogens is 574 g/mol. The van der Waals surface area contributed by atoms with Gasteiger partial charge in [0.1, 0.15) is 0 Å². The number of aromatic nitrogens is 3. The van der Waals surface area contributed by atoms with Crippen molar-refractivity contribution in [2.45, 2.75) is 54.5 Å². The highest BCUT2D eigenvalue weighted by atomic mass is 79.9. The van der Waals surface area contributed by atoms with Gasteiger partial charge in [-0.05, 0) is 101 Å². The molecule has 1 heterocycles. The van der Waals surface area contributed by atoms with Gasteiger partial charge in [0, 0.05) is 0 Å². The summed E-state index contributed by atoms with van der Waals surface area (Å²) < 4.78 is 25.5. The summed E-state index contributed by atoms with van der Waals surface area (Å²) in [5.74, 6) is 0.460.